The van der Waals surface area contributed by atoms with Gasteiger partial charge in [0.05, 0.1) is 5.56 Å². The molecule has 1 aromatic heterocycles. The lowest BCUT2D eigenvalue weighted by molar-refractivity contribution is -0.143. The number of carboxylic acid groups (broad SMARTS) is 1. The number of nitrogens with one attached hydrogen (secondary N) is 1. The first-order chi connectivity index (χ1) is 14.8. The van der Waals surface area contributed by atoms with Crippen LogP contribution in [-0.4, -0.2) is 32.5 Å². The van der Waals surface area contributed by atoms with Crippen LogP contribution in [0.5, 0.6) is 5.75 Å². The van der Waals surface area contributed by atoms with Gasteiger partial charge in [0, 0.05) is 39.7 Å². The molecule has 0 unspecified atom stereocenters. The Morgan fingerprint density at radius 1 is 1.19 bits per heavy atom. The zero-order valence-electron chi connectivity index (χ0n) is 17.2. The average molecular weight is 440 g/mol. The minimum absolute atomic E-state index is 0.152. The summed E-state index contributed by atoms with van der Waals surface area (Å²) < 4.78 is 6.06. The highest BCUT2D eigenvalue weighted by Gasteiger charge is 2.31. The summed E-state index contributed by atoms with van der Waals surface area (Å²) in [6, 6.07) is 8.81. The van der Waals surface area contributed by atoms with E-state index in [0.717, 1.165) is 29.6 Å². The molecule has 1 fully saturated rings. The van der Waals surface area contributed by atoms with Gasteiger partial charge in [-0.15, -0.1) is 0 Å². The molecule has 1 aliphatic rings. The van der Waals surface area contributed by atoms with Crippen molar-refractivity contribution in [3.8, 4) is 5.75 Å². The molecular formula is C23H22ClN3O4. The van der Waals surface area contributed by atoms with Gasteiger partial charge < -0.3 is 15.2 Å². The molecule has 1 heterocycles. The minimum atomic E-state index is -1.46. The molecule has 160 valence electrons. The van der Waals surface area contributed by atoms with Gasteiger partial charge in [-0.25, -0.2) is 14.8 Å². The highest BCUT2D eigenvalue weighted by molar-refractivity contribution is 6.36. The second-order valence-electron chi connectivity index (χ2n) is 8.18. The van der Waals surface area contributed by atoms with E-state index in [2.05, 4.69) is 15.3 Å². The van der Waals surface area contributed by atoms with Crippen molar-refractivity contribution in [2.75, 3.05) is 0 Å². The van der Waals surface area contributed by atoms with E-state index >= 15 is 0 Å². The van der Waals surface area contributed by atoms with E-state index in [9.17, 15) is 14.7 Å². The fourth-order valence-corrected chi connectivity index (χ4v) is 3.45. The summed E-state index contributed by atoms with van der Waals surface area (Å²) in [4.78, 5) is 33.2. The maximum absolute atomic E-state index is 13.0. The van der Waals surface area contributed by atoms with Crippen LogP contribution in [0.25, 0.3) is 10.8 Å². The Balaban J connectivity index is 1.67. The number of rotatable bonds is 7. The Hall–Kier alpha value is -3.19. The molecule has 3 aromatic rings. The van der Waals surface area contributed by atoms with E-state index in [1.165, 1.54) is 19.9 Å². The number of nitrogens with zero attached hydrogens (tertiary/aromatic N) is 2. The van der Waals surface area contributed by atoms with Crippen molar-refractivity contribution in [3.63, 3.8) is 0 Å². The summed E-state index contributed by atoms with van der Waals surface area (Å²) in [6.07, 6.45) is 5.70. The van der Waals surface area contributed by atoms with Crippen molar-refractivity contribution in [2.45, 2.75) is 44.8 Å². The Kier molecular flexibility index (Phi) is 5.54. The molecule has 0 saturated heterocycles. The highest BCUT2D eigenvalue weighted by Crippen LogP contribution is 2.38. The van der Waals surface area contributed by atoms with E-state index in [1.54, 1.807) is 12.4 Å². The fraction of sp³-hybridized carbons (Fsp3) is 0.304. The lowest BCUT2D eigenvalue weighted by Crippen LogP contribution is -2.49. The molecule has 8 heteroatoms. The molecule has 2 N–H and O–H groups in total. The second-order valence-corrected chi connectivity index (χ2v) is 8.58. The fourth-order valence-electron chi connectivity index (χ4n) is 3.18. The Bertz CT molecular complexity index is 1160. The number of ether oxygens (including phenoxy) is 1. The van der Waals surface area contributed by atoms with Crippen molar-refractivity contribution in [3.05, 3.63) is 64.7 Å². The molecule has 0 bridgehead atoms. The molecule has 1 aliphatic carbocycles. The third-order valence-electron chi connectivity index (χ3n) is 5.20. The van der Waals surface area contributed by atoms with Crippen LogP contribution in [0.3, 0.4) is 0 Å². The van der Waals surface area contributed by atoms with E-state index < -0.39 is 17.4 Å². The molecule has 0 spiro atoms. The molecule has 1 amide bonds. The van der Waals surface area contributed by atoms with E-state index in [1.807, 2.05) is 24.3 Å². The number of hydrogen-bond donors (Lipinski definition) is 2. The Morgan fingerprint density at radius 2 is 1.84 bits per heavy atom. The van der Waals surface area contributed by atoms with Crippen LogP contribution in [0.2, 0.25) is 5.02 Å². The molecule has 2 aromatic carbocycles. The highest BCUT2D eigenvalue weighted by atomic mass is 35.5. The average Bonchev–Trinajstić information content (AvgIpc) is 3.58. The zero-order valence-corrected chi connectivity index (χ0v) is 17.9. The van der Waals surface area contributed by atoms with Crippen molar-refractivity contribution in [1.82, 2.24) is 15.3 Å². The molecule has 0 atom stereocenters. The van der Waals surface area contributed by atoms with Gasteiger partial charge in [-0.05, 0) is 32.8 Å². The third-order valence-corrected chi connectivity index (χ3v) is 5.51. The van der Waals surface area contributed by atoms with Crippen LogP contribution < -0.4 is 10.1 Å². The van der Waals surface area contributed by atoms with Crippen molar-refractivity contribution < 1.29 is 19.4 Å². The van der Waals surface area contributed by atoms with Gasteiger partial charge >= 0.3 is 5.97 Å². The zero-order chi connectivity index (χ0) is 22.2. The first-order valence-electron chi connectivity index (χ1n) is 9.97. The van der Waals surface area contributed by atoms with Crippen LogP contribution in [0.1, 0.15) is 54.4 Å². The molecule has 0 radical (unpaired) electrons. The number of aliphatic carboxylic acids is 1. The topological polar surface area (TPSA) is 101 Å². The van der Waals surface area contributed by atoms with Crippen LogP contribution in [-0.2, 0) is 11.4 Å². The summed E-state index contributed by atoms with van der Waals surface area (Å²) in [5, 5.41) is 13.7. The molecule has 1 saturated carbocycles. The summed E-state index contributed by atoms with van der Waals surface area (Å²) >= 11 is 6.41. The number of benzene rings is 2. The summed E-state index contributed by atoms with van der Waals surface area (Å²) in [7, 11) is 0. The Labute approximate surface area is 184 Å². The molecule has 4 rings (SSSR count). The maximum Gasteiger partial charge on any atom is 0.328 e. The van der Waals surface area contributed by atoms with Crippen molar-refractivity contribution >= 4 is 34.2 Å². The van der Waals surface area contributed by atoms with Crippen LogP contribution in [0, 0.1) is 0 Å². The number of carbonyl (C=O) groups is 2. The second kappa shape index (κ2) is 8.15. The van der Waals surface area contributed by atoms with E-state index in [4.69, 9.17) is 16.3 Å². The SMILES string of the molecule is CC(C)(NC(=O)c1cc(Cl)c2ccccc2c1OCc1cnc(C2CC2)nc1)C(=O)O. The smallest absolute Gasteiger partial charge is 0.328 e. The standard InChI is InChI=1S/C23H22ClN3O4/c1-23(2,22(29)30)27-21(28)17-9-18(24)15-5-3-4-6-16(15)19(17)31-12-13-10-25-20(26-11-13)14-7-8-14/h3-6,9-11,14H,7-8,12H2,1-2H3,(H,27,28)(H,29,30). The molecule has 7 nitrogen and oxygen atoms in total. The number of aromatic nitrogens is 2. The molecule has 31 heavy (non-hydrogen) atoms. The number of hydrogen-bond acceptors (Lipinski definition) is 5. The summed E-state index contributed by atoms with van der Waals surface area (Å²) in [6.45, 7) is 2.98. The van der Waals surface area contributed by atoms with Crippen LogP contribution in [0.4, 0.5) is 0 Å². The monoisotopic (exact) mass is 439 g/mol. The van der Waals surface area contributed by atoms with Gasteiger partial charge in [0.15, 0.2) is 0 Å². The quantitative estimate of drug-likeness (QED) is 0.568. The lowest BCUT2D eigenvalue weighted by Gasteiger charge is -2.22. The van der Waals surface area contributed by atoms with Gasteiger partial charge in [-0.1, -0.05) is 35.9 Å². The normalized spacial score (nSPS) is 13.8. The third kappa shape index (κ3) is 4.46. The summed E-state index contributed by atoms with van der Waals surface area (Å²) in [5.41, 5.74) is -0.534. The van der Waals surface area contributed by atoms with Crippen molar-refractivity contribution in [2.24, 2.45) is 0 Å². The number of fused-ring (bicyclic) bond motifs is 1. The van der Waals surface area contributed by atoms with Gasteiger partial charge in [0.2, 0.25) is 0 Å². The van der Waals surface area contributed by atoms with Crippen LogP contribution >= 0.6 is 11.6 Å². The number of carbonyl (C=O) groups excluding carboxylic acids is 1. The van der Waals surface area contributed by atoms with Gasteiger partial charge in [-0.3, -0.25) is 4.79 Å². The van der Waals surface area contributed by atoms with Gasteiger partial charge in [0.1, 0.15) is 23.7 Å². The largest absolute Gasteiger partial charge is 0.487 e. The van der Waals surface area contributed by atoms with Crippen LogP contribution in [0.15, 0.2) is 42.7 Å². The number of amides is 1. The van der Waals surface area contributed by atoms with Crippen molar-refractivity contribution in [1.29, 1.82) is 0 Å². The maximum atomic E-state index is 13.0. The predicted molar refractivity (Wildman–Crippen MR) is 116 cm³/mol. The number of carboxylic acids is 1. The number of halogens is 1. The van der Waals surface area contributed by atoms with E-state index in [0.29, 0.717) is 22.1 Å². The molecular weight excluding hydrogens is 418 g/mol. The first kappa shape index (κ1) is 21.1. The van der Waals surface area contributed by atoms with Gasteiger partial charge in [0.25, 0.3) is 5.91 Å². The molecule has 0 aliphatic heterocycles. The first-order valence-corrected chi connectivity index (χ1v) is 10.3. The van der Waals surface area contributed by atoms with E-state index in [-0.39, 0.29) is 12.2 Å². The minimum Gasteiger partial charge on any atom is -0.487 e. The summed E-state index contributed by atoms with van der Waals surface area (Å²) in [5.74, 6) is -0.108. The Morgan fingerprint density at radius 3 is 2.45 bits per heavy atom. The lowest BCUT2D eigenvalue weighted by atomic mass is 10.0. The predicted octanol–water partition coefficient (Wildman–Crippen LogP) is 4.33. The van der Waals surface area contributed by atoms with Gasteiger partial charge in [-0.2, -0.15) is 0 Å².